The van der Waals surface area contributed by atoms with E-state index in [0.717, 1.165) is 53.0 Å². The first-order valence-corrected chi connectivity index (χ1v) is 13.7. The number of hydrogen-bond donors (Lipinski definition) is 0. The summed E-state index contributed by atoms with van der Waals surface area (Å²) in [5.41, 5.74) is 1.97. The zero-order valence-corrected chi connectivity index (χ0v) is 20.2. The van der Waals surface area contributed by atoms with Gasteiger partial charge in [0.05, 0.1) is 4.91 Å². The smallest absolute Gasteiger partial charge is 0.286 e. The molecule has 5 fully saturated rings. The molecule has 4 bridgehead atoms. The molecule has 7 heteroatoms. The number of rotatable bonds is 3. The van der Waals surface area contributed by atoms with Crippen LogP contribution in [0.25, 0.3) is 17.5 Å². The number of carbonyl (C=O) groups is 1. The van der Waals surface area contributed by atoms with Crippen LogP contribution in [0, 0.1) is 17.8 Å². The molecule has 1 aromatic heterocycles. The van der Waals surface area contributed by atoms with Gasteiger partial charge in [-0.25, -0.2) is 0 Å². The molecule has 4 saturated carbocycles. The second-order valence-electron chi connectivity index (χ2n) is 11.1. The summed E-state index contributed by atoms with van der Waals surface area (Å²) in [7, 11) is 0. The number of nitrogens with zero attached hydrogens (tertiary/aromatic N) is 4. The second kappa shape index (κ2) is 8.08. The van der Waals surface area contributed by atoms with Crippen LogP contribution in [0.15, 0.2) is 38.6 Å². The van der Waals surface area contributed by atoms with E-state index in [1.165, 1.54) is 69.5 Å². The lowest BCUT2D eigenvalue weighted by atomic mass is 9.49. The first-order valence-electron chi connectivity index (χ1n) is 12.9. The Balaban J connectivity index is 1.11. The summed E-state index contributed by atoms with van der Waals surface area (Å²) in [4.78, 5) is 19.8. The summed E-state index contributed by atoms with van der Waals surface area (Å²) < 4.78 is 6.35. The second-order valence-corrected chi connectivity index (χ2v) is 12.1. The van der Waals surface area contributed by atoms with Crippen LogP contribution in [0.1, 0.15) is 69.2 Å². The third-order valence-electron chi connectivity index (χ3n) is 8.58. The van der Waals surface area contributed by atoms with Crippen molar-refractivity contribution < 1.29 is 9.21 Å². The Bertz CT molecular complexity index is 1160. The van der Waals surface area contributed by atoms with E-state index in [0.29, 0.717) is 10.8 Å². The van der Waals surface area contributed by atoms with Crippen molar-refractivity contribution in [3.05, 3.63) is 40.6 Å². The van der Waals surface area contributed by atoms with Crippen LogP contribution in [0.2, 0.25) is 0 Å². The molecule has 6 nitrogen and oxygen atoms in total. The monoisotopic (exact) mass is 474 g/mol. The van der Waals surface area contributed by atoms with Gasteiger partial charge in [-0.3, -0.25) is 4.79 Å². The van der Waals surface area contributed by atoms with Crippen molar-refractivity contribution in [3.63, 3.8) is 0 Å². The van der Waals surface area contributed by atoms with Crippen LogP contribution in [-0.4, -0.2) is 39.3 Å². The van der Waals surface area contributed by atoms with Crippen molar-refractivity contribution in [1.82, 2.24) is 15.1 Å². The van der Waals surface area contributed by atoms with Gasteiger partial charge in [-0.1, -0.05) is 12.1 Å². The summed E-state index contributed by atoms with van der Waals surface area (Å²) in [6, 6.07) is 8.06. The molecule has 2 aliphatic heterocycles. The van der Waals surface area contributed by atoms with Crippen molar-refractivity contribution in [2.45, 2.75) is 63.2 Å². The Morgan fingerprint density at radius 3 is 2.47 bits per heavy atom. The Labute approximate surface area is 204 Å². The van der Waals surface area contributed by atoms with Crippen molar-refractivity contribution in [1.29, 1.82) is 0 Å². The van der Waals surface area contributed by atoms with E-state index < -0.39 is 0 Å². The minimum absolute atomic E-state index is 0.106. The standard InChI is InChI=1S/C27H30N4O2S/c32-23-22(34-26(28-23)31-7-2-1-3-8-31)13-17-5-4-6-21(12-17)24-29-30-25(33-24)27-14-18-9-19(15-27)11-20(10-18)16-27/h4-6,12-13,18-20H,1-3,7-11,14-16H2. The van der Waals surface area contributed by atoms with Crippen molar-refractivity contribution >= 4 is 28.9 Å². The molecule has 4 aliphatic carbocycles. The molecule has 2 aromatic rings. The lowest BCUT2D eigenvalue weighted by molar-refractivity contribution is -0.113. The predicted molar refractivity (Wildman–Crippen MR) is 133 cm³/mol. The molecule has 0 radical (unpaired) electrons. The first kappa shape index (κ1) is 20.9. The number of amidine groups is 1. The number of thioether (sulfide) groups is 1. The molecule has 6 aliphatic rings. The van der Waals surface area contributed by atoms with E-state index in [4.69, 9.17) is 4.42 Å². The fraction of sp³-hybridized carbons (Fsp3) is 0.556. The third-order valence-corrected chi connectivity index (χ3v) is 9.63. The average molecular weight is 475 g/mol. The highest BCUT2D eigenvalue weighted by molar-refractivity contribution is 8.18. The molecule has 1 aromatic carbocycles. The zero-order valence-electron chi connectivity index (χ0n) is 19.4. The number of amides is 1. The highest BCUT2D eigenvalue weighted by atomic mass is 32.2. The van der Waals surface area contributed by atoms with Gasteiger partial charge in [0.25, 0.3) is 5.91 Å². The summed E-state index contributed by atoms with van der Waals surface area (Å²) in [5.74, 6) is 3.83. The van der Waals surface area contributed by atoms with Crippen LogP contribution in [0.4, 0.5) is 0 Å². The molecule has 176 valence electrons. The average Bonchev–Trinajstić information content (AvgIpc) is 3.47. The Kier molecular flexibility index (Phi) is 4.97. The first-order chi connectivity index (χ1) is 16.6. The summed E-state index contributed by atoms with van der Waals surface area (Å²) in [5, 5.41) is 9.89. The number of hydrogen-bond acceptors (Lipinski definition) is 6. The maximum absolute atomic E-state index is 12.6. The summed E-state index contributed by atoms with van der Waals surface area (Å²) in [6.45, 7) is 1.98. The Morgan fingerprint density at radius 2 is 1.74 bits per heavy atom. The zero-order chi connectivity index (χ0) is 22.7. The van der Waals surface area contributed by atoms with Gasteiger partial charge in [0.2, 0.25) is 11.8 Å². The van der Waals surface area contributed by atoms with Crippen LogP contribution in [-0.2, 0) is 10.2 Å². The number of likely N-dealkylation sites (tertiary alicyclic amines) is 1. The minimum atomic E-state index is -0.141. The number of benzene rings is 1. The van der Waals surface area contributed by atoms with Gasteiger partial charge in [-0.15, -0.1) is 10.2 Å². The van der Waals surface area contributed by atoms with Crippen LogP contribution >= 0.6 is 11.8 Å². The molecule has 0 spiro atoms. The molecule has 1 saturated heterocycles. The number of aromatic nitrogens is 2. The van der Waals surface area contributed by atoms with Crippen molar-refractivity contribution in [2.75, 3.05) is 13.1 Å². The molecule has 0 N–H and O–H groups in total. The topological polar surface area (TPSA) is 71.6 Å². The highest BCUT2D eigenvalue weighted by Gasteiger charge is 2.54. The van der Waals surface area contributed by atoms with Crippen LogP contribution in [0.3, 0.4) is 0 Å². The van der Waals surface area contributed by atoms with E-state index in [-0.39, 0.29) is 11.3 Å². The minimum Gasteiger partial charge on any atom is -0.420 e. The predicted octanol–water partition coefficient (Wildman–Crippen LogP) is 5.66. The number of piperidine rings is 1. The van der Waals surface area contributed by atoms with E-state index in [1.807, 2.05) is 30.3 Å². The number of carbonyl (C=O) groups excluding carboxylic acids is 1. The van der Waals surface area contributed by atoms with Gasteiger partial charge in [-0.05, 0) is 111 Å². The van der Waals surface area contributed by atoms with Gasteiger partial charge in [0, 0.05) is 24.1 Å². The lowest BCUT2D eigenvalue weighted by Gasteiger charge is -2.55. The molecule has 0 unspecified atom stereocenters. The maximum atomic E-state index is 12.6. The van der Waals surface area contributed by atoms with Gasteiger partial charge in [-0.2, -0.15) is 4.99 Å². The van der Waals surface area contributed by atoms with Crippen LogP contribution < -0.4 is 0 Å². The molecule has 8 rings (SSSR count). The summed E-state index contributed by atoms with van der Waals surface area (Å²) >= 11 is 1.49. The van der Waals surface area contributed by atoms with Gasteiger partial charge in [0.15, 0.2) is 5.17 Å². The molecule has 1 amide bonds. The van der Waals surface area contributed by atoms with Crippen molar-refractivity contribution in [3.8, 4) is 11.5 Å². The maximum Gasteiger partial charge on any atom is 0.286 e. The van der Waals surface area contributed by atoms with Gasteiger partial charge < -0.3 is 9.32 Å². The van der Waals surface area contributed by atoms with E-state index >= 15 is 0 Å². The van der Waals surface area contributed by atoms with E-state index in [1.54, 1.807) is 0 Å². The molecule has 3 heterocycles. The molecular formula is C27H30N4O2S. The lowest BCUT2D eigenvalue weighted by Crippen LogP contribution is -2.48. The van der Waals surface area contributed by atoms with E-state index in [9.17, 15) is 4.79 Å². The number of aliphatic imine (C=N–C) groups is 1. The fourth-order valence-electron chi connectivity index (χ4n) is 7.46. The van der Waals surface area contributed by atoms with Crippen molar-refractivity contribution in [2.24, 2.45) is 22.7 Å². The normalized spacial score (nSPS) is 33.7. The largest absolute Gasteiger partial charge is 0.420 e. The SMILES string of the molecule is O=C1N=C(N2CCCCC2)SC1=Cc1cccc(-c2nnc(C34CC5CC(CC(C5)C3)C4)o2)c1. The molecule has 34 heavy (non-hydrogen) atoms. The summed E-state index contributed by atoms with van der Waals surface area (Å²) in [6.07, 6.45) is 13.4. The molecular weight excluding hydrogens is 444 g/mol. The Morgan fingerprint density at radius 1 is 1.00 bits per heavy atom. The van der Waals surface area contributed by atoms with Crippen LogP contribution in [0.5, 0.6) is 0 Å². The molecule has 0 atom stereocenters. The van der Waals surface area contributed by atoms with E-state index in [2.05, 4.69) is 20.1 Å². The third kappa shape index (κ3) is 3.63. The van der Waals surface area contributed by atoms with Gasteiger partial charge in [0.1, 0.15) is 0 Å². The Hall–Kier alpha value is -2.41. The van der Waals surface area contributed by atoms with Gasteiger partial charge >= 0.3 is 0 Å². The fourth-order valence-corrected chi connectivity index (χ4v) is 8.42. The quantitative estimate of drug-likeness (QED) is 0.535. The highest BCUT2D eigenvalue weighted by Crippen LogP contribution is 2.60.